The number of hydrogen-bond donors (Lipinski definition) is 1. The largest absolute Gasteiger partial charge is 0.312 e. The Morgan fingerprint density at radius 3 is 3.17 bits per heavy atom. The lowest BCUT2D eigenvalue weighted by Crippen LogP contribution is -2.22. The molecule has 0 spiro atoms. The fraction of sp³-hybridized carbons (Fsp3) is 0.375. The second kappa shape index (κ2) is 3.17. The summed E-state index contributed by atoms with van der Waals surface area (Å²) < 4.78 is 0.985. The third kappa shape index (κ3) is 1.18. The molecule has 0 amide bonds. The van der Waals surface area contributed by atoms with E-state index in [4.69, 9.17) is 5.26 Å². The quantitative estimate of drug-likeness (QED) is 0.756. The van der Waals surface area contributed by atoms with Crippen LogP contribution in [-0.2, 0) is 13.0 Å². The molecule has 1 aliphatic heterocycles. The van der Waals surface area contributed by atoms with E-state index in [1.165, 1.54) is 10.4 Å². The molecule has 0 aromatic carbocycles. The van der Waals surface area contributed by atoms with Gasteiger partial charge in [0.1, 0.15) is 6.07 Å². The van der Waals surface area contributed by atoms with Gasteiger partial charge in [0.2, 0.25) is 0 Å². The zero-order chi connectivity index (χ0) is 8.55. The normalized spacial score (nSPS) is 15.3. The lowest BCUT2D eigenvalue weighted by Gasteiger charge is -2.11. The van der Waals surface area contributed by atoms with Gasteiger partial charge >= 0.3 is 0 Å². The van der Waals surface area contributed by atoms with Crippen molar-refractivity contribution in [3.05, 3.63) is 19.8 Å². The molecule has 1 aromatic heterocycles. The number of fused-ring (bicyclic) bond motifs is 1. The van der Waals surface area contributed by atoms with Crippen molar-refractivity contribution in [2.75, 3.05) is 6.54 Å². The van der Waals surface area contributed by atoms with Gasteiger partial charge in [0.05, 0.1) is 9.35 Å². The maximum Gasteiger partial charge on any atom is 0.102 e. The summed E-state index contributed by atoms with van der Waals surface area (Å²) in [7, 11) is 0. The van der Waals surface area contributed by atoms with E-state index in [-0.39, 0.29) is 0 Å². The van der Waals surface area contributed by atoms with Crippen LogP contribution >= 0.6 is 27.3 Å². The lowest BCUT2D eigenvalue weighted by molar-refractivity contribution is 0.654. The van der Waals surface area contributed by atoms with Gasteiger partial charge in [-0.1, -0.05) is 0 Å². The SMILES string of the molecule is N#Cc1c(Br)sc2c1CCNC2. The third-order valence-corrected chi connectivity index (χ3v) is 3.90. The van der Waals surface area contributed by atoms with Gasteiger partial charge in [-0.25, -0.2) is 0 Å². The van der Waals surface area contributed by atoms with E-state index in [0.29, 0.717) is 0 Å². The van der Waals surface area contributed by atoms with Crippen LogP contribution in [0.4, 0.5) is 0 Å². The number of rotatable bonds is 0. The highest BCUT2D eigenvalue weighted by molar-refractivity contribution is 9.11. The molecule has 4 heteroatoms. The maximum absolute atomic E-state index is 8.87. The Bertz CT molecular complexity index is 351. The van der Waals surface area contributed by atoms with E-state index in [0.717, 1.165) is 28.9 Å². The molecule has 2 nitrogen and oxygen atoms in total. The summed E-state index contributed by atoms with van der Waals surface area (Å²) in [5.74, 6) is 0. The monoisotopic (exact) mass is 242 g/mol. The summed E-state index contributed by atoms with van der Waals surface area (Å²) in [6.07, 6.45) is 0.986. The average Bonchev–Trinajstić information content (AvgIpc) is 2.40. The lowest BCUT2D eigenvalue weighted by atomic mass is 10.1. The minimum Gasteiger partial charge on any atom is -0.312 e. The van der Waals surface area contributed by atoms with Crippen LogP contribution in [-0.4, -0.2) is 6.54 Å². The Morgan fingerprint density at radius 1 is 1.58 bits per heavy atom. The Hall–Kier alpha value is -0.370. The fourth-order valence-electron chi connectivity index (χ4n) is 1.41. The number of nitrogens with one attached hydrogen (secondary N) is 1. The average molecular weight is 243 g/mol. The number of hydrogen-bond acceptors (Lipinski definition) is 3. The van der Waals surface area contributed by atoms with Crippen LogP contribution in [0.1, 0.15) is 16.0 Å². The van der Waals surface area contributed by atoms with Crippen LogP contribution in [0.3, 0.4) is 0 Å². The number of nitrogens with zero attached hydrogens (tertiary/aromatic N) is 1. The Kier molecular flexibility index (Phi) is 2.18. The molecule has 1 aromatic rings. The molecule has 1 aliphatic rings. The zero-order valence-electron chi connectivity index (χ0n) is 6.35. The van der Waals surface area contributed by atoms with Gasteiger partial charge in [-0.2, -0.15) is 5.26 Å². The molecule has 0 aliphatic carbocycles. The topological polar surface area (TPSA) is 35.8 Å². The number of halogens is 1. The van der Waals surface area contributed by atoms with Crippen molar-refractivity contribution in [1.29, 1.82) is 5.26 Å². The van der Waals surface area contributed by atoms with Gasteiger partial charge < -0.3 is 5.32 Å². The van der Waals surface area contributed by atoms with Crippen molar-refractivity contribution in [3.63, 3.8) is 0 Å². The zero-order valence-corrected chi connectivity index (χ0v) is 8.76. The number of thiophene rings is 1. The molecule has 2 heterocycles. The van der Waals surface area contributed by atoms with Gasteiger partial charge in [0, 0.05) is 11.4 Å². The number of nitriles is 1. The molecule has 0 radical (unpaired) electrons. The van der Waals surface area contributed by atoms with Crippen LogP contribution in [0.2, 0.25) is 0 Å². The molecule has 0 saturated heterocycles. The van der Waals surface area contributed by atoms with Crippen LogP contribution in [0.15, 0.2) is 3.79 Å². The molecule has 62 valence electrons. The van der Waals surface area contributed by atoms with Crippen molar-refractivity contribution >= 4 is 27.3 Å². The van der Waals surface area contributed by atoms with E-state index in [9.17, 15) is 0 Å². The highest BCUT2D eigenvalue weighted by Gasteiger charge is 2.18. The van der Waals surface area contributed by atoms with E-state index >= 15 is 0 Å². The molecule has 0 unspecified atom stereocenters. The smallest absolute Gasteiger partial charge is 0.102 e. The predicted molar refractivity (Wildman–Crippen MR) is 52.1 cm³/mol. The summed E-state index contributed by atoms with van der Waals surface area (Å²) in [4.78, 5) is 1.31. The molecular formula is C8H7BrN2S. The van der Waals surface area contributed by atoms with Crippen LogP contribution < -0.4 is 5.32 Å². The van der Waals surface area contributed by atoms with E-state index in [1.54, 1.807) is 11.3 Å². The van der Waals surface area contributed by atoms with Crippen molar-refractivity contribution in [2.24, 2.45) is 0 Å². The minimum absolute atomic E-state index is 0.844. The van der Waals surface area contributed by atoms with Gasteiger partial charge in [0.25, 0.3) is 0 Å². The van der Waals surface area contributed by atoms with Crippen LogP contribution in [0.25, 0.3) is 0 Å². The maximum atomic E-state index is 8.87. The first-order valence-electron chi connectivity index (χ1n) is 3.74. The fourth-order valence-corrected chi connectivity index (χ4v) is 3.32. The highest BCUT2D eigenvalue weighted by Crippen LogP contribution is 2.34. The second-order valence-electron chi connectivity index (χ2n) is 2.69. The molecule has 0 bridgehead atoms. The van der Waals surface area contributed by atoms with E-state index in [2.05, 4.69) is 27.3 Å². The van der Waals surface area contributed by atoms with Gasteiger partial charge in [-0.15, -0.1) is 11.3 Å². The molecular weight excluding hydrogens is 236 g/mol. The summed E-state index contributed by atoms with van der Waals surface area (Å²) >= 11 is 5.08. The highest BCUT2D eigenvalue weighted by atomic mass is 79.9. The standard InChI is InChI=1S/C8H7BrN2S/c9-8-6(3-10)5-1-2-11-4-7(5)12-8/h11H,1-2,4H2. The molecule has 0 fully saturated rings. The van der Waals surface area contributed by atoms with Crippen molar-refractivity contribution in [3.8, 4) is 6.07 Å². The molecule has 2 rings (SSSR count). The second-order valence-corrected chi connectivity index (χ2v) is 5.11. The minimum atomic E-state index is 0.844. The first-order valence-corrected chi connectivity index (χ1v) is 5.34. The molecule has 12 heavy (non-hydrogen) atoms. The first-order chi connectivity index (χ1) is 5.83. The molecule has 0 atom stereocenters. The Balaban J connectivity index is 2.56. The van der Waals surface area contributed by atoms with Crippen molar-refractivity contribution < 1.29 is 0 Å². The summed E-state index contributed by atoms with van der Waals surface area (Å²) in [6, 6.07) is 2.24. The Labute approximate surface area is 83.3 Å². The Morgan fingerprint density at radius 2 is 2.42 bits per heavy atom. The third-order valence-electron chi connectivity index (χ3n) is 2.00. The molecule has 1 N–H and O–H groups in total. The van der Waals surface area contributed by atoms with Gasteiger partial charge in [-0.3, -0.25) is 0 Å². The van der Waals surface area contributed by atoms with Gasteiger partial charge in [0.15, 0.2) is 0 Å². The first kappa shape index (κ1) is 8.24. The van der Waals surface area contributed by atoms with E-state index < -0.39 is 0 Å². The predicted octanol–water partition coefficient (Wildman–Crippen LogP) is 2.03. The summed E-state index contributed by atoms with van der Waals surface area (Å²) in [5, 5.41) is 12.2. The van der Waals surface area contributed by atoms with Crippen molar-refractivity contribution in [2.45, 2.75) is 13.0 Å². The summed E-state index contributed by atoms with van der Waals surface area (Å²) in [5.41, 5.74) is 2.09. The van der Waals surface area contributed by atoms with Gasteiger partial charge in [-0.05, 0) is 34.5 Å². The van der Waals surface area contributed by atoms with Crippen LogP contribution in [0.5, 0.6) is 0 Å². The van der Waals surface area contributed by atoms with Crippen molar-refractivity contribution in [1.82, 2.24) is 5.32 Å². The van der Waals surface area contributed by atoms with E-state index in [1.807, 2.05) is 0 Å². The molecule has 0 saturated carbocycles. The summed E-state index contributed by atoms with van der Waals surface area (Å²) in [6.45, 7) is 1.91. The van der Waals surface area contributed by atoms with Crippen LogP contribution in [0, 0.1) is 11.3 Å².